The molecule has 1 fully saturated rings. The second-order valence-electron chi connectivity index (χ2n) is 3.78. The van der Waals surface area contributed by atoms with Crippen LogP contribution in [0.4, 0.5) is 0 Å². The van der Waals surface area contributed by atoms with Crippen LogP contribution in [0, 0.1) is 0 Å². The van der Waals surface area contributed by atoms with Crippen molar-refractivity contribution in [1.29, 1.82) is 0 Å². The molecule has 1 aliphatic rings. The van der Waals surface area contributed by atoms with E-state index in [-0.39, 0.29) is 18.4 Å². The number of hydrogen-bond donors (Lipinski definition) is 4. The van der Waals surface area contributed by atoms with E-state index in [1.807, 2.05) is 0 Å². The van der Waals surface area contributed by atoms with Crippen LogP contribution in [0.2, 0.25) is 0 Å². The number of hydrogen-bond acceptors (Lipinski definition) is 5. The molecule has 14 heavy (non-hydrogen) atoms. The molecular formula is C9H17NO4. The quantitative estimate of drug-likeness (QED) is 0.442. The second-order valence-corrected chi connectivity index (χ2v) is 3.78. The molecular weight excluding hydrogens is 186 g/mol. The van der Waals surface area contributed by atoms with Crippen LogP contribution in [0.25, 0.3) is 0 Å². The molecule has 0 unspecified atom stereocenters. The van der Waals surface area contributed by atoms with E-state index >= 15 is 0 Å². The third-order valence-corrected chi connectivity index (χ3v) is 2.61. The number of ketones is 1. The maximum Gasteiger partial charge on any atom is 0.129 e. The molecule has 1 rings (SSSR count). The van der Waals surface area contributed by atoms with Crippen LogP contribution in [0.5, 0.6) is 0 Å². The van der Waals surface area contributed by atoms with Gasteiger partial charge in [-0.2, -0.15) is 0 Å². The average Bonchev–Trinajstić information content (AvgIpc) is 2.41. The van der Waals surface area contributed by atoms with E-state index in [2.05, 4.69) is 5.32 Å². The van der Waals surface area contributed by atoms with Gasteiger partial charge in [0.1, 0.15) is 5.78 Å². The number of carbonyl (C=O) groups excluding carboxylic acids is 1. The van der Waals surface area contributed by atoms with Crippen LogP contribution in [0.15, 0.2) is 0 Å². The lowest BCUT2D eigenvalue weighted by Crippen LogP contribution is -2.36. The SMILES string of the molecule is CC(=O)CC[C@H]1N[C@H](CO)[C@@H](O)[C@@H]1O. The number of aliphatic hydroxyl groups excluding tert-OH is 3. The maximum atomic E-state index is 10.7. The topological polar surface area (TPSA) is 89.8 Å². The molecule has 0 bridgehead atoms. The van der Waals surface area contributed by atoms with Crippen molar-refractivity contribution in [2.45, 2.75) is 44.1 Å². The maximum absolute atomic E-state index is 10.7. The van der Waals surface area contributed by atoms with Crippen LogP contribution >= 0.6 is 0 Å². The van der Waals surface area contributed by atoms with Crippen molar-refractivity contribution in [1.82, 2.24) is 5.32 Å². The van der Waals surface area contributed by atoms with Gasteiger partial charge in [-0.15, -0.1) is 0 Å². The van der Waals surface area contributed by atoms with Crippen LogP contribution in [-0.2, 0) is 4.79 Å². The number of rotatable bonds is 4. The van der Waals surface area contributed by atoms with Gasteiger partial charge in [-0.1, -0.05) is 0 Å². The Morgan fingerprint density at radius 3 is 2.29 bits per heavy atom. The molecule has 0 aromatic carbocycles. The number of aliphatic hydroxyl groups is 3. The summed E-state index contributed by atoms with van der Waals surface area (Å²) >= 11 is 0. The second kappa shape index (κ2) is 4.84. The third-order valence-electron chi connectivity index (χ3n) is 2.61. The first-order chi connectivity index (χ1) is 6.56. The normalized spacial score (nSPS) is 37.4. The molecule has 1 saturated heterocycles. The molecule has 82 valence electrons. The zero-order valence-corrected chi connectivity index (χ0v) is 8.18. The molecule has 5 nitrogen and oxygen atoms in total. The van der Waals surface area contributed by atoms with Gasteiger partial charge < -0.3 is 25.4 Å². The van der Waals surface area contributed by atoms with E-state index in [0.717, 1.165) is 0 Å². The van der Waals surface area contributed by atoms with Crippen LogP contribution < -0.4 is 5.32 Å². The first kappa shape index (κ1) is 11.6. The zero-order chi connectivity index (χ0) is 10.7. The molecule has 0 spiro atoms. The van der Waals surface area contributed by atoms with Crippen LogP contribution in [0.1, 0.15) is 19.8 Å². The van der Waals surface area contributed by atoms with E-state index in [0.29, 0.717) is 12.8 Å². The van der Waals surface area contributed by atoms with Gasteiger partial charge in [0.15, 0.2) is 0 Å². The third kappa shape index (κ3) is 2.51. The average molecular weight is 203 g/mol. The van der Waals surface area contributed by atoms with Crippen molar-refractivity contribution in [3.8, 4) is 0 Å². The molecule has 4 N–H and O–H groups in total. The Hall–Kier alpha value is -0.490. The molecule has 0 aromatic heterocycles. The Labute approximate surface area is 82.7 Å². The molecule has 0 aliphatic carbocycles. The summed E-state index contributed by atoms with van der Waals surface area (Å²) in [5.41, 5.74) is 0. The lowest BCUT2D eigenvalue weighted by atomic mass is 10.0. The van der Waals surface area contributed by atoms with Crippen LogP contribution in [0.3, 0.4) is 0 Å². The van der Waals surface area contributed by atoms with E-state index in [4.69, 9.17) is 5.11 Å². The molecule has 0 aromatic rings. The van der Waals surface area contributed by atoms with Gasteiger partial charge in [0.05, 0.1) is 24.9 Å². The van der Waals surface area contributed by atoms with E-state index in [1.54, 1.807) is 0 Å². The number of nitrogens with one attached hydrogen (secondary N) is 1. The van der Waals surface area contributed by atoms with Gasteiger partial charge in [0.25, 0.3) is 0 Å². The summed E-state index contributed by atoms with van der Waals surface area (Å²) in [6.07, 6.45) is -0.979. The Bertz CT molecular complexity index is 209. The molecule has 1 heterocycles. The summed E-state index contributed by atoms with van der Waals surface area (Å²) in [6.45, 7) is 1.27. The smallest absolute Gasteiger partial charge is 0.129 e. The minimum Gasteiger partial charge on any atom is -0.395 e. The molecule has 4 atom stereocenters. The number of Topliss-reactive ketones (excluding diaryl/α,β-unsaturated/α-hetero) is 1. The Balaban J connectivity index is 2.44. The Morgan fingerprint density at radius 2 is 1.86 bits per heavy atom. The van der Waals surface area contributed by atoms with Crippen molar-refractivity contribution in [2.75, 3.05) is 6.61 Å². The predicted molar refractivity (Wildman–Crippen MR) is 49.7 cm³/mol. The first-order valence-corrected chi connectivity index (χ1v) is 4.78. The summed E-state index contributed by atoms with van der Waals surface area (Å²) in [5.74, 6) is 0.0564. The minimum atomic E-state index is -0.947. The van der Waals surface area contributed by atoms with Crippen molar-refractivity contribution in [2.24, 2.45) is 0 Å². The molecule has 0 radical (unpaired) electrons. The standard InChI is InChI=1S/C9H17NO4/c1-5(12)2-3-6-8(13)9(14)7(4-11)10-6/h6-11,13-14H,2-4H2,1H3/t6-,7-,8-,9-/m1/s1. The lowest BCUT2D eigenvalue weighted by molar-refractivity contribution is -0.117. The number of carbonyl (C=O) groups is 1. The fraction of sp³-hybridized carbons (Fsp3) is 0.889. The van der Waals surface area contributed by atoms with Gasteiger partial charge in [-0.3, -0.25) is 0 Å². The highest BCUT2D eigenvalue weighted by molar-refractivity contribution is 5.75. The highest BCUT2D eigenvalue weighted by Gasteiger charge is 2.39. The van der Waals surface area contributed by atoms with Gasteiger partial charge >= 0.3 is 0 Å². The Morgan fingerprint density at radius 1 is 1.29 bits per heavy atom. The van der Waals surface area contributed by atoms with Crippen molar-refractivity contribution >= 4 is 5.78 Å². The minimum absolute atomic E-state index is 0.0564. The summed E-state index contributed by atoms with van der Waals surface area (Å²) in [5, 5.41) is 30.7. The van der Waals surface area contributed by atoms with Crippen LogP contribution in [-0.4, -0.2) is 52.0 Å². The summed E-state index contributed by atoms with van der Waals surface area (Å²) in [4.78, 5) is 10.7. The fourth-order valence-electron chi connectivity index (χ4n) is 1.72. The summed E-state index contributed by atoms with van der Waals surface area (Å²) < 4.78 is 0. The van der Waals surface area contributed by atoms with E-state index in [1.165, 1.54) is 6.92 Å². The fourth-order valence-corrected chi connectivity index (χ4v) is 1.72. The highest BCUT2D eigenvalue weighted by Crippen LogP contribution is 2.17. The van der Waals surface area contributed by atoms with Crippen molar-refractivity contribution in [3.05, 3.63) is 0 Å². The highest BCUT2D eigenvalue weighted by atomic mass is 16.3. The zero-order valence-electron chi connectivity index (χ0n) is 8.18. The lowest BCUT2D eigenvalue weighted by Gasteiger charge is -2.14. The van der Waals surface area contributed by atoms with E-state index < -0.39 is 18.2 Å². The van der Waals surface area contributed by atoms with Crippen molar-refractivity contribution < 1.29 is 20.1 Å². The molecule has 0 saturated carbocycles. The van der Waals surface area contributed by atoms with Gasteiger partial charge in [0, 0.05) is 12.5 Å². The van der Waals surface area contributed by atoms with E-state index in [9.17, 15) is 15.0 Å². The summed E-state index contributed by atoms with van der Waals surface area (Å²) in [6, 6.07) is -0.784. The first-order valence-electron chi connectivity index (χ1n) is 4.78. The largest absolute Gasteiger partial charge is 0.395 e. The Kier molecular flexibility index (Phi) is 4.00. The van der Waals surface area contributed by atoms with Gasteiger partial charge in [-0.05, 0) is 13.3 Å². The summed E-state index contributed by atoms with van der Waals surface area (Å²) in [7, 11) is 0. The molecule has 5 heteroatoms. The molecule has 0 amide bonds. The van der Waals surface area contributed by atoms with Gasteiger partial charge in [0.2, 0.25) is 0 Å². The van der Waals surface area contributed by atoms with Crippen molar-refractivity contribution in [3.63, 3.8) is 0 Å². The monoisotopic (exact) mass is 203 g/mol. The van der Waals surface area contributed by atoms with Gasteiger partial charge in [-0.25, -0.2) is 0 Å². The molecule has 1 aliphatic heterocycles. The predicted octanol–water partition coefficient (Wildman–Crippen LogP) is -1.59.